The van der Waals surface area contributed by atoms with E-state index in [-0.39, 0.29) is 30.4 Å². The maximum absolute atomic E-state index is 13.5. The highest BCUT2D eigenvalue weighted by molar-refractivity contribution is 7.99. The predicted octanol–water partition coefficient (Wildman–Crippen LogP) is 3.24. The number of hydrogen-bond acceptors (Lipinski definition) is 6. The number of imide groups is 1. The number of carbonyl (C=O) groups is 3. The van der Waals surface area contributed by atoms with E-state index in [1.807, 2.05) is 13.0 Å². The summed E-state index contributed by atoms with van der Waals surface area (Å²) in [5, 5.41) is 17.0. The molecule has 1 fully saturated rings. The zero-order valence-corrected chi connectivity index (χ0v) is 19.5. The Morgan fingerprint density at radius 2 is 2.00 bits per heavy atom. The fourth-order valence-corrected chi connectivity index (χ4v) is 4.34. The number of nitrogens with one attached hydrogen (secondary N) is 3. The third-order valence-electron chi connectivity index (χ3n) is 5.02. The van der Waals surface area contributed by atoms with Gasteiger partial charge in [-0.3, -0.25) is 19.5 Å². The molecule has 0 bridgehead atoms. The van der Waals surface area contributed by atoms with Crippen molar-refractivity contribution in [3.8, 4) is 5.69 Å². The molecule has 0 radical (unpaired) electrons. The highest BCUT2D eigenvalue weighted by Gasteiger charge is 2.27. The first-order valence-corrected chi connectivity index (χ1v) is 11.6. The molecule has 1 saturated heterocycles. The van der Waals surface area contributed by atoms with Crippen LogP contribution in [0.5, 0.6) is 0 Å². The molecule has 4 amide bonds. The number of nitrogens with zero attached hydrogens (tertiary/aromatic N) is 3. The van der Waals surface area contributed by atoms with Crippen molar-refractivity contribution in [2.45, 2.75) is 31.0 Å². The zero-order chi connectivity index (χ0) is 24.2. The SMILES string of the molecule is Cc1ccc(NC(=O)CSc2nnc(CC3CC(=O)NC(=O)N3)n2-c2ccc(F)cc2)cc1Cl. The Balaban J connectivity index is 1.52. The molecule has 1 aromatic heterocycles. The Morgan fingerprint density at radius 3 is 2.71 bits per heavy atom. The Labute approximate surface area is 203 Å². The van der Waals surface area contributed by atoms with Gasteiger partial charge in [0.05, 0.1) is 5.75 Å². The summed E-state index contributed by atoms with van der Waals surface area (Å²) in [7, 11) is 0. The smallest absolute Gasteiger partial charge is 0.321 e. The van der Waals surface area contributed by atoms with Crippen molar-refractivity contribution < 1.29 is 18.8 Å². The number of thioether (sulfide) groups is 1. The van der Waals surface area contributed by atoms with Gasteiger partial charge in [-0.15, -0.1) is 10.2 Å². The number of amides is 4. The molecule has 176 valence electrons. The summed E-state index contributed by atoms with van der Waals surface area (Å²) in [5.41, 5.74) is 2.06. The normalized spacial score (nSPS) is 15.6. The van der Waals surface area contributed by atoms with Crippen molar-refractivity contribution in [1.29, 1.82) is 0 Å². The van der Waals surface area contributed by atoms with Gasteiger partial charge in [-0.2, -0.15) is 0 Å². The van der Waals surface area contributed by atoms with Crippen LogP contribution in [0.3, 0.4) is 0 Å². The van der Waals surface area contributed by atoms with Crippen molar-refractivity contribution >= 4 is 46.9 Å². The van der Waals surface area contributed by atoms with E-state index in [2.05, 4.69) is 26.1 Å². The number of halogens is 2. The summed E-state index contributed by atoms with van der Waals surface area (Å²) < 4.78 is 15.2. The lowest BCUT2D eigenvalue weighted by Crippen LogP contribution is -2.53. The van der Waals surface area contributed by atoms with Crippen molar-refractivity contribution in [2.24, 2.45) is 0 Å². The average molecular weight is 503 g/mol. The van der Waals surface area contributed by atoms with E-state index in [9.17, 15) is 18.8 Å². The number of rotatable bonds is 7. The third kappa shape index (κ3) is 5.72. The second-order valence-corrected chi connectivity index (χ2v) is 8.99. The molecular formula is C22H20ClFN6O3S. The summed E-state index contributed by atoms with van der Waals surface area (Å²) in [6.07, 6.45) is 0.310. The number of carbonyl (C=O) groups excluding carboxylic acids is 3. The topological polar surface area (TPSA) is 118 Å². The fraction of sp³-hybridized carbons (Fsp3) is 0.227. The second kappa shape index (κ2) is 10.2. The molecule has 12 heteroatoms. The number of hydrogen-bond donors (Lipinski definition) is 3. The first kappa shape index (κ1) is 23.7. The van der Waals surface area contributed by atoms with Crippen molar-refractivity contribution in [2.75, 3.05) is 11.1 Å². The van der Waals surface area contributed by atoms with Gasteiger partial charge in [0.15, 0.2) is 5.16 Å². The van der Waals surface area contributed by atoms with E-state index in [1.54, 1.807) is 28.8 Å². The molecule has 1 aliphatic rings. The Bertz CT molecular complexity index is 1230. The molecule has 2 aromatic carbocycles. The lowest BCUT2D eigenvalue weighted by Gasteiger charge is -2.23. The average Bonchev–Trinajstić information content (AvgIpc) is 3.17. The van der Waals surface area contributed by atoms with E-state index >= 15 is 0 Å². The lowest BCUT2D eigenvalue weighted by molar-refractivity contribution is -0.121. The Kier molecular flexibility index (Phi) is 7.13. The molecule has 0 saturated carbocycles. The zero-order valence-electron chi connectivity index (χ0n) is 18.0. The molecular weight excluding hydrogens is 483 g/mol. The molecule has 2 heterocycles. The van der Waals surface area contributed by atoms with Crippen molar-refractivity contribution in [1.82, 2.24) is 25.4 Å². The molecule has 0 aliphatic carbocycles. The van der Waals surface area contributed by atoms with Crippen LogP contribution in [0.2, 0.25) is 5.02 Å². The minimum Gasteiger partial charge on any atom is -0.334 e. The van der Waals surface area contributed by atoms with Gasteiger partial charge < -0.3 is 10.6 Å². The van der Waals surface area contributed by atoms with Gasteiger partial charge in [-0.1, -0.05) is 29.4 Å². The maximum Gasteiger partial charge on any atom is 0.321 e. The van der Waals surface area contributed by atoms with Gasteiger partial charge >= 0.3 is 6.03 Å². The van der Waals surface area contributed by atoms with Crippen molar-refractivity contribution in [3.63, 3.8) is 0 Å². The first-order chi connectivity index (χ1) is 16.3. The van der Waals surface area contributed by atoms with Crippen LogP contribution in [-0.2, 0) is 16.0 Å². The summed E-state index contributed by atoms with van der Waals surface area (Å²) in [6.45, 7) is 1.87. The number of aryl methyl sites for hydroxylation is 1. The summed E-state index contributed by atoms with van der Waals surface area (Å²) >= 11 is 7.26. The van der Waals surface area contributed by atoms with Gasteiger partial charge in [-0.05, 0) is 48.9 Å². The minimum absolute atomic E-state index is 0.0351. The largest absolute Gasteiger partial charge is 0.334 e. The first-order valence-electron chi connectivity index (χ1n) is 10.3. The van der Waals surface area contributed by atoms with Crippen LogP contribution in [0.25, 0.3) is 5.69 Å². The van der Waals surface area contributed by atoms with Crippen LogP contribution >= 0.6 is 23.4 Å². The highest BCUT2D eigenvalue weighted by Crippen LogP contribution is 2.25. The van der Waals surface area contributed by atoms with Gasteiger partial charge in [0.25, 0.3) is 0 Å². The Hall–Kier alpha value is -3.44. The molecule has 3 N–H and O–H groups in total. The summed E-state index contributed by atoms with van der Waals surface area (Å²) in [6, 6.07) is 9.93. The quantitative estimate of drug-likeness (QED) is 0.427. The molecule has 0 spiro atoms. The number of urea groups is 1. The molecule has 1 aliphatic heterocycles. The van der Waals surface area contributed by atoms with E-state index in [1.165, 1.54) is 12.1 Å². The summed E-state index contributed by atoms with van der Waals surface area (Å²) in [5.74, 6) is -0.562. The minimum atomic E-state index is -0.573. The van der Waals surface area contributed by atoms with Crippen LogP contribution in [0.15, 0.2) is 47.6 Å². The van der Waals surface area contributed by atoms with E-state index in [0.717, 1.165) is 17.3 Å². The van der Waals surface area contributed by atoms with Gasteiger partial charge in [0, 0.05) is 35.3 Å². The molecule has 34 heavy (non-hydrogen) atoms. The van der Waals surface area contributed by atoms with E-state index < -0.39 is 17.9 Å². The van der Waals surface area contributed by atoms with Gasteiger partial charge in [0.1, 0.15) is 11.6 Å². The van der Waals surface area contributed by atoms with E-state index in [0.29, 0.717) is 27.4 Å². The third-order valence-corrected chi connectivity index (χ3v) is 6.36. The molecule has 1 unspecified atom stereocenters. The summed E-state index contributed by atoms with van der Waals surface area (Å²) in [4.78, 5) is 35.9. The number of aromatic nitrogens is 3. The van der Waals surface area contributed by atoms with Crippen molar-refractivity contribution in [3.05, 3.63) is 64.7 Å². The number of anilines is 1. The van der Waals surface area contributed by atoms with Crippen LogP contribution < -0.4 is 16.0 Å². The monoisotopic (exact) mass is 502 g/mol. The molecule has 3 aromatic rings. The molecule has 1 atom stereocenters. The lowest BCUT2D eigenvalue weighted by atomic mass is 10.1. The van der Waals surface area contributed by atoms with E-state index in [4.69, 9.17) is 11.6 Å². The predicted molar refractivity (Wildman–Crippen MR) is 126 cm³/mol. The second-order valence-electron chi connectivity index (χ2n) is 7.64. The Morgan fingerprint density at radius 1 is 1.24 bits per heavy atom. The number of benzene rings is 2. The fourth-order valence-electron chi connectivity index (χ4n) is 3.39. The van der Waals surface area contributed by atoms with Crippen LogP contribution in [-0.4, -0.2) is 44.4 Å². The molecule has 9 nitrogen and oxygen atoms in total. The molecule has 4 rings (SSSR count). The van der Waals surface area contributed by atoms with Crippen LogP contribution in [0.1, 0.15) is 17.8 Å². The highest BCUT2D eigenvalue weighted by atomic mass is 35.5. The van der Waals surface area contributed by atoms with Crippen LogP contribution in [0.4, 0.5) is 14.9 Å². The standard InChI is InChI=1S/C22H20ClFN6O3S/c1-12-2-5-14(8-17(12)23)25-20(32)11-34-22-29-28-18(9-15-10-19(31)27-21(33)26-15)30(22)16-6-3-13(24)4-7-16/h2-8,15H,9-11H2,1H3,(H,25,32)(H2,26,27,31,33). The van der Waals surface area contributed by atoms with Crippen LogP contribution in [0, 0.1) is 12.7 Å². The maximum atomic E-state index is 13.5. The van der Waals surface area contributed by atoms with Gasteiger partial charge in [0.2, 0.25) is 11.8 Å². The van der Waals surface area contributed by atoms with Gasteiger partial charge in [-0.25, -0.2) is 9.18 Å².